The number of carbonyl (C=O) groups excluding carboxylic acids is 3. The molecule has 2 fully saturated rings. The van der Waals surface area contributed by atoms with Crippen LogP contribution in [0.15, 0.2) is 70.9 Å². The summed E-state index contributed by atoms with van der Waals surface area (Å²) in [6.45, 7) is 16.2. The Balaban J connectivity index is 1.19. The molecule has 2 aromatic rings. The van der Waals surface area contributed by atoms with Crippen molar-refractivity contribution in [1.29, 1.82) is 0 Å². The summed E-state index contributed by atoms with van der Waals surface area (Å²) in [5.74, 6) is -0.0696. The number of ether oxygens (including phenoxy) is 5. The second-order valence-electron chi connectivity index (χ2n) is 17.3. The Morgan fingerprint density at radius 2 is 1.71 bits per heavy atom. The van der Waals surface area contributed by atoms with Crippen LogP contribution in [0.4, 0.5) is 0 Å². The third-order valence-electron chi connectivity index (χ3n) is 12.4. The Labute approximate surface area is 328 Å². The third-order valence-corrected chi connectivity index (χ3v) is 12.4. The van der Waals surface area contributed by atoms with Gasteiger partial charge >= 0.3 is 0 Å². The van der Waals surface area contributed by atoms with Crippen LogP contribution in [0, 0.1) is 11.8 Å². The van der Waals surface area contributed by atoms with Gasteiger partial charge in [-0.2, -0.15) is 0 Å². The summed E-state index contributed by atoms with van der Waals surface area (Å²) < 4.78 is 31.9. The minimum atomic E-state index is -1.61. The first-order valence-corrected chi connectivity index (χ1v) is 19.6. The van der Waals surface area contributed by atoms with E-state index in [9.17, 15) is 14.7 Å². The molecule has 9 rings (SSSR count). The van der Waals surface area contributed by atoms with E-state index in [0.29, 0.717) is 58.8 Å². The topological polar surface area (TPSA) is 130 Å². The molecule has 1 spiro atoms. The summed E-state index contributed by atoms with van der Waals surface area (Å²) in [5.41, 5.74) is 0.314. The summed E-state index contributed by atoms with van der Waals surface area (Å²) in [6.07, 6.45) is 13.8. The standard InChI is InChI=1S/C46H51NO9/c1-25(2)10-9-17-44(8)18-16-30-37(48)36-38(49)32-21-29-22-35-43(6,7)56-45(41(29)50,46(32,35)55-40(36)31(39(30)54-44)13-11-26(3)4)19-15-27(5)42(51)47-23-28-12-14-33-34(20-28)53-24-52-33/h10-12,14-16,18,20-21,29,35,48H,9,13,17,19,22-24H2,1-8H3,(H,47,51)/b27-15-. The predicted octanol–water partition coefficient (Wildman–Crippen LogP) is 8.20. The zero-order chi connectivity index (χ0) is 39.9. The Hall–Kier alpha value is -5.09. The highest BCUT2D eigenvalue weighted by atomic mass is 16.7. The van der Waals surface area contributed by atoms with Crippen molar-refractivity contribution in [1.82, 2.24) is 5.32 Å². The van der Waals surface area contributed by atoms with Gasteiger partial charge in [0.2, 0.25) is 12.7 Å². The van der Waals surface area contributed by atoms with Gasteiger partial charge in [0.1, 0.15) is 28.4 Å². The number of rotatable bonds is 10. The summed E-state index contributed by atoms with van der Waals surface area (Å²) >= 11 is 0. The lowest BCUT2D eigenvalue weighted by molar-refractivity contribution is -0.171. The number of ketones is 2. The molecule has 4 heterocycles. The number of hydrogen-bond acceptors (Lipinski definition) is 9. The maximum atomic E-state index is 15.0. The van der Waals surface area contributed by atoms with Crippen molar-refractivity contribution in [2.24, 2.45) is 11.8 Å². The number of carbonyl (C=O) groups is 3. The molecule has 4 bridgehead atoms. The van der Waals surface area contributed by atoms with Gasteiger partial charge in [-0.05, 0) is 111 Å². The van der Waals surface area contributed by atoms with Crippen LogP contribution in [0.3, 0.4) is 0 Å². The van der Waals surface area contributed by atoms with Crippen LogP contribution in [0.2, 0.25) is 0 Å². The van der Waals surface area contributed by atoms with Gasteiger partial charge < -0.3 is 34.1 Å². The zero-order valence-corrected chi connectivity index (χ0v) is 33.5. The number of nitrogens with one attached hydrogen (secondary N) is 1. The fourth-order valence-corrected chi connectivity index (χ4v) is 9.55. The summed E-state index contributed by atoms with van der Waals surface area (Å²) in [6, 6.07) is 5.52. The normalized spacial score (nSPS) is 28.4. The van der Waals surface area contributed by atoms with Gasteiger partial charge in [-0.1, -0.05) is 41.5 Å². The molecule has 56 heavy (non-hydrogen) atoms. The molecular weight excluding hydrogens is 711 g/mol. The number of phenols is 1. The Morgan fingerprint density at radius 1 is 0.964 bits per heavy atom. The highest BCUT2D eigenvalue weighted by Gasteiger charge is 2.81. The Bertz CT molecular complexity index is 2230. The van der Waals surface area contributed by atoms with Crippen molar-refractivity contribution in [3.8, 4) is 28.7 Å². The summed E-state index contributed by atoms with van der Waals surface area (Å²) in [4.78, 5) is 43.2. The molecule has 1 amide bonds. The van der Waals surface area contributed by atoms with E-state index in [1.54, 1.807) is 19.1 Å². The van der Waals surface area contributed by atoms with Crippen molar-refractivity contribution >= 4 is 23.5 Å². The van der Waals surface area contributed by atoms with E-state index in [4.69, 9.17) is 23.7 Å². The quantitative estimate of drug-likeness (QED) is 0.182. The number of hydrogen-bond donors (Lipinski definition) is 2. The van der Waals surface area contributed by atoms with Gasteiger partial charge in [0.05, 0.1) is 11.2 Å². The molecule has 10 heteroatoms. The second-order valence-corrected chi connectivity index (χ2v) is 17.3. The predicted molar refractivity (Wildman–Crippen MR) is 211 cm³/mol. The van der Waals surface area contributed by atoms with Gasteiger partial charge in [0, 0.05) is 41.5 Å². The van der Waals surface area contributed by atoms with Crippen LogP contribution in [0.5, 0.6) is 28.7 Å². The van der Waals surface area contributed by atoms with E-state index in [2.05, 4.69) is 25.2 Å². The highest BCUT2D eigenvalue weighted by molar-refractivity contribution is 6.19. The molecule has 5 unspecified atom stereocenters. The molecule has 2 N–H and O–H groups in total. The third kappa shape index (κ3) is 5.74. The molecule has 2 aromatic carbocycles. The molecule has 4 aliphatic heterocycles. The van der Waals surface area contributed by atoms with Gasteiger partial charge in [-0.3, -0.25) is 14.4 Å². The van der Waals surface area contributed by atoms with E-state index in [-0.39, 0.29) is 60.2 Å². The largest absolute Gasteiger partial charge is 0.506 e. The molecule has 10 nitrogen and oxygen atoms in total. The molecule has 3 aliphatic carbocycles. The second kappa shape index (κ2) is 13.3. The van der Waals surface area contributed by atoms with Crippen LogP contribution in [-0.2, 0) is 27.3 Å². The minimum absolute atomic E-state index is 0.00733. The molecule has 1 saturated carbocycles. The number of fused-ring (bicyclic) bond motifs is 3. The van der Waals surface area contributed by atoms with Crippen LogP contribution in [-0.4, -0.2) is 51.8 Å². The number of amides is 1. The number of aromatic hydroxyl groups is 1. The highest BCUT2D eigenvalue weighted by Crippen LogP contribution is 2.68. The first-order chi connectivity index (χ1) is 26.5. The Morgan fingerprint density at radius 3 is 2.46 bits per heavy atom. The fraction of sp³-hybridized carbons (Fsp3) is 0.457. The lowest BCUT2D eigenvalue weighted by Gasteiger charge is -2.56. The molecule has 294 valence electrons. The summed E-state index contributed by atoms with van der Waals surface area (Å²) in [5, 5.41) is 14.9. The number of Topliss-reactive ketones (excluding diaryl/α,β-unsaturated/α-hetero) is 2. The van der Waals surface area contributed by atoms with Crippen LogP contribution in [0.25, 0.3) is 6.08 Å². The molecule has 0 radical (unpaired) electrons. The van der Waals surface area contributed by atoms with Crippen LogP contribution >= 0.6 is 0 Å². The first-order valence-electron chi connectivity index (χ1n) is 19.6. The van der Waals surface area contributed by atoms with Gasteiger partial charge in [-0.15, -0.1) is 0 Å². The minimum Gasteiger partial charge on any atom is -0.506 e. The number of allylic oxidation sites excluding steroid dienone is 5. The fourth-order valence-electron chi connectivity index (χ4n) is 9.55. The average Bonchev–Trinajstić information content (AvgIpc) is 3.67. The van der Waals surface area contributed by atoms with E-state index in [1.807, 2.05) is 71.0 Å². The molecule has 0 aromatic heterocycles. The Kier molecular flexibility index (Phi) is 8.95. The maximum absolute atomic E-state index is 15.0. The molecule has 5 atom stereocenters. The van der Waals surface area contributed by atoms with E-state index >= 15 is 4.79 Å². The van der Waals surface area contributed by atoms with Crippen LogP contribution in [0.1, 0.15) is 108 Å². The molecular formula is C46H51NO9. The van der Waals surface area contributed by atoms with E-state index in [0.717, 1.165) is 17.6 Å². The van der Waals surface area contributed by atoms with Crippen molar-refractivity contribution in [2.45, 2.75) is 116 Å². The maximum Gasteiger partial charge on any atom is 0.246 e. The first kappa shape index (κ1) is 37.8. The van der Waals surface area contributed by atoms with Crippen molar-refractivity contribution in [3.05, 3.63) is 93.1 Å². The van der Waals surface area contributed by atoms with Crippen LogP contribution < -0.4 is 24.3 Å². The van der Waals surface area contributed by atoms with Gasteiger partial charge in [0.15, 0.2) is 34.3 Å². The van der Waals surface area contributed by atoms with E-state index in [1.165, 1.54) is 5.57 Å². The van der Waals surface area contributed by atoms with Crippen molar-refractivity contribution < 1.29 is 43.2 Å². The monoisotopic (exact) mass is 761 g/mol. The lowest BCUT2D eigenvalue weighted by atomic mass is 9.51. The summed E-state index contributed by atoms with van der Waals surface area (Å²) in [7, 11) is 0. The number of benzene rings is 2. The van der Waals surface area contributed by atoms with Crippen molar-refractivity contribution in [3.63, 3.8) is 0 Å². The van der Waals surface area contributed by atoms with Crippen molar-refractivity contribution in [2.75, 3.05) is 6.79 Å². The molecule has 1 saturated heterocycles. The molecule has 7 aliphatic rings. The average molecular weight is 762 g/mol. The van der Waals surface area contributed by atoms with Gasteiger partial charge in [-0.25, -0.2) is 0 Å². The smallest absolute Gasteiger partial charge is 0.246 e. The van der Waals surface area contributed by atoms with Gasteiger partial charge in [0.25, 0.3) is 0 Å². The SMILES string of the molecule is CC(C)=CCCC1(C)C=Cc2c(O)c3c(c(CC=C(C)C)c2O1)OC12C(=CC4CC1C(C)(C)OC2(C/C=C(/C)C(=O)NCc1ccc2c(c1)OCO2)C4=O)C3=O. The number of phenolic OH excluding ortho intramolecular Hbond substituents is 1. The van der Waals surface area contributed by atoms with E-state index < -0.39 is 28.3 Å². The lowest BCUT2D eigenvalue weighted by Crippen LogP contribution is -2.72. The zero-order valence-electron chi connectivity index (χ0n) is 33.5.